The van der Waals surface area contributed by atoms with Gasteiger partial charge < -0.3 is 14.4 Å². The van der Waals surface area contributed by atoms with Crippen molar-refractivity contribution >= 4 is 34.8 Å². The number of carbonyl (C=O) groups excluding carboxylic acids is 3. The fourth-order valence-electron chi connectivity index (χ4n) is 3.36. The predicted molar refractivity (Wildman–Crippen MR) is 121 cm³/mol. The van der Waals surface area contributed by atoms with Crippen LogP contribution in [-0.4, -0.2) is 61.6 Å². The lowest BCUT2D eigenvalue weighted by molar-refractivity contribution is -0.140. The largest absolute Gasteiger partial charge is 0.465 e. The van der Waals surface area contributed by atoms with Gasteiger partial charge in [0.25, 0.3) is 0 Å². The molecule has 0 radical (unpaired) electrons. The van der Waals surface area contributed by atoms with Crippen molar-refractivity contribution in [3.8, 4) is 11.8 Å². The smallest absolute Gasteiger partial charge is 0.350 e. The van der Waals surface area contributed by atoms with Gasteiger partial charge in [-0.05, 0) is 40.2 Å². The summed E-state index contributed by atoms with van der Waals surface area (Å²) in [6.07, 6.45) is 0.343. The first-order valence-corrected chi connectivity index (χ1v) is 11.3. The number of morpholine rings is 1. The van der Waals surface area contributed by atoms with Gasteiger partial charge >= 0.3 is 5.97 Å². The number of anilines is 1. The second-order valence-corrected chi connectivity index (χ2v) is 9.65. The molecule has 1 aromatic heterocycles. The molecule has 8 heteroatoms. The normalized spacial score (nSPS) is 17.4. The summed E-state index contributed by atoms with van der Waals surface area (Å²) >= 11 is 1.17. The van der Waals surface area contributed by atoms with Crippen LogP contribution >= 0.6 is 11.3 Å². The van der Waals surface area contributed by atoms with Crippen LogP contribution in [-0.2, 0) is 19.1 Å². The molecule has 2 atom stereocenters. The van der Waals surface area contributed by atoms with Crippen LogP contribution in [0.15, 0.2) is 6.07 Å². The number of ether oxygens (including phenoxy) is 2. The number of amides is 2. The second-order valence-electron chi connectivity index (χ2n) is 8.60. The van der Waals surface area contributed by atoms with Gasteiger partial charge in [-0.2, -0.15) is 0 Å². The zero-order chi connectivity index (χ0) is 23.3. The van der Waals surface area contributed by atoms with Crippen LogP contribution in [0, 0.1) is 17.3 Å². The van der Waals surface area contributed by atoms with Gasteiger partial charge in [-0.25, -0.2) is 4.79 Å². The Balaban J connectivity index is 2.51. The molecule has 1 aliphatic heterocycles. The number of hydrogen-bond donors (Lipinski definition) is 0. The molecule has 1 unspecified atom stereocenters. The third-order valence-corrected chi connectivity index (χ3v) is 5.80. The highest BCUT2D eigenvalue weighted by Gasteiger charge is 2.36. The molecule has 31 heavy (non-hydrogen) atoms. The van der Waals surface area contributed by atoms with Crippen LogP contribution in [0.3, 0.4) is 0 Å². The highest BCUT2D eigenvalue weighted by Crippen LogP contribution is 2.33. The first-order chi connectivity index (χ1) is 14.5. The molecule has 1 saturated heterocycles. The Morgan fingerprint density at radius 1 is 1.39 bits per heavy atom. The van der Waals surface area contributed by atoms with Crippen molar-refractivity contribution in [1.29, 1.82) is 0 Å². The van der Waals surface area contributed by atoms with Gasteiger partial charge in [0, 0.05) is 25.4 Å². The minimum absolute atomic E-state index is 0.0629. The quantitative estimate of drug-likeness (QED) is 0.510. The summed E-state index contributed by atoms with van der Waals surface area (Å²) in [5, 5.41) is 0. The Morgan fingerprint density at radius 2 is 2.06 bits per heavy atom. The van der Waals surface area contributed by atoms with Crippen molar-refractivity contribution in [1.82, 2.24) is 4.90 Å². The fraction of sp³-hybridized carbons (Fsp3) is 0.609. The molecule has 1 aromatic rings. The van der Waals surface area contributed by atoms with E-state index >= 15 is 0 Å². The maximum Gasteiger partial charge on any atom is 0.350 e. The highest BCUT2D eigenvalue weighted by atomic mass is 32.1. The van der Waals surface area contributed by atoms with E-state index in [0.717, 1.165) is 0 Å². The molecule has 0 aliphatic carbocycles. The van der Waals surface area contributed by atoms with Crippen molar-refractivity contribution in [2.45, 2.75) is 60.1 Å². The molecule has 0 N–H and O–H groups in total. The molecule has 2 rings (SSSR count). The zero-order valence-electron chi connectivity index (χ0n) is 19.4. The molecule has 0 aromatic carbocycles. The summed E-state index contributed by atoms with van der Waals surface area (Å²) in [4.78, 5) is 42.6. The molecule has 0 bridgehead atoms. The molecule has 170 valence electrons. The Hall–Kier alpha value is -2.37. The lowest BCUT2D eigenvalue weighted by Crippen LogP contribution is -2.54. The number of methoxy groups -OCH3 is 1. The van der Waals surface area contributed by atoms with Crippen LogP contribution in [0.2, 0.25) is 0 Å². The Morgan fingerprint density at radius 3 is 2.58 bits per heavy atom. The van der Waals surface area contributed by atoms with E-state index in [9.17, 15) is 14.4 Å². The number of carbonyl (C=O) groups is 3. The molecule has 7 nitrogen and oxygen atoms in total. The molecule has 1 fully saturated rings. The van der Waals surface area contributed by atoms with Crippen molar-refractivity contribution in [3.63, 3.8) is 0 Å². The summed E-state index contributed by atoms with van der Waals surface area (Å²) in [6, 6.07) is 0.971. The van der Waals surface area contributed by atoms with E-state index in [2.05, 4.69) is 11.8 Å². The molecule has 2 heterocycles. The van der Waals surface area contributed by atoms with Crippen LogP contribution in [0.1, 0.15) is 62.5 Å². The molecule has 2 amide bonds. The van der Waals surface area contributed by atoms with Crippen LogP contribution in [0.25, 0.3) is 0 Å². The van der Waals surface area contributed by atoms with Gasteiger partial charge in [-0.1, -0.05) is 18.8 Å². The minimum atomic E-state index is -0.732. The Labute approximate surface area is 188 Å². The monoisotopic (exact) mass is 448 g/mol. The lowest BCUT2D eigenvalue weighted by atomic mass is 9.98. The number of rotatable bonds is 5. The van der Waals surface area contributed by atoms with Crippen molar-refractivity contribution in [2.75, 3.05) is 31.7 Å². The van der Waals surface area contributed by atoms with Crippen molar-refractivity contribution < 1.29 is 23.9 Å². The second kappa shape index (κ2) is 10.3. The maximum absolute atomic E-state index is 13.3. The minimum Gasteiger partial charge on any atom is -0.465 e. The summed E-state index contributed by atoms with van der Waals surface area (Å²) in [5.41, 5.74) is 0.147. The molecular formula is C23H32N2O5S. The van der Waals surface area contributed by atoms with Gasteiger partial charge in [0.05, 0.1) is 30.4 Å². The third-order valence-electron chi connectivity index (χ3n) is 4.78. The molecule has 0 saturated carbocycles. The predicted octanol–water partition coefficient (Wildman–Crippen LogP) is 3.31. The first kappa shape index (κ1) is 24.9. The lowest BCUT2D eigenvalue weighted by Gasteiger charge is -2.37. The van der Waals surface area contributed by atoms with E-state index in [-0.39, 0.29) is 28.2 Å². The number of esters is 1. The van der Waals surface area contributed by atoms with Crippen molar-refractivity contribution in [2.24, 2.45) is 5.41 Å². The van der Waals surface area contributed by atoms with Gasteiger partial charge in [0.15, 0.2) is 0 Å². The van der Waals surface area contributed by atoms with E-state index in [1.54, 1.807) is 11.0 Å². The average molecular weight is 449 g/mol. The van der Waals surface area contributed by atoms with E-state index in [1.165, 1.54) is 30.3 Å². The summed E-state index contributed by atoms with van der Waals surface area (Å²) in [6.45, 7) is 12.5. The Kier molecular flexibility index (Phi) is 8.27. The maximum atomic E-state index is 13.3. The molecule has 1 aliphatic rings. The van der Waals surface area contributed by atoms with E-state index in [4.69, 9.17) is 9.47 Å². The van der Waals surface area contributed by atoms with E-state index < -0.39 is 12.0 Å². The first-order valence-electron chi connectivity index (χ1n) is 10.4. The van der Waals surface area contributed by atoms with Gasteiger partial charge in [0.1, 0.15) is 10.9 Å². The SMILES string of the molecule is CC[C@@H](C(=O)N1CCOC(C)C1)N(C(C)=O)c1cc(C#CC(C)(C)C)sc1C(=O)OC. The number of hydrogen-bond acceptors (Lipinski definition) is 6. The standard InChI is InChI=1S/C23H32N2O5S/c1-8-18(21(27)24-11-12-30-15(2)14-24)25(16(3)26)19-13-17(9-10-23(4,5)6)31-20(19)22(28)29-7/h13,15,18H,8,11-12,14H2,1-7H3/t15?,18-/m0/s1. The van der Waals surface area contributed by atoms with Gasteiger partial charge in [-0.3, -0.25) is 14.5 Å². The highest BCUT2D eigenvalue weighted by molar-refractivity contribution is 7.15. The summed E-state index contributed by atoms with van der Waals surface area (Å²) in [7, 11) is 1.29. The van der Waals surface area contributed by atoms with Gasteiger partial charge in [0.2, 0.25) is 11.8 Å². The summed E-state index contributed by atoms with van der Waals surface area (Å²) in [5.74, 6) is 5.19. The fourth-order valence-corrected chi connectivity index (χ4v) is 4.28. The van der Waals surface area contributed by atoms with E-state index in [1.807, 2.05) is 34.6 Å². The van der Waals surface area contributed by atoms with E-state index in [0.29, 0.717) is 36.7 Å². The summed E-state index contributed by atoms with van der Waals surface area (Å²) < 4.78 is 10.5. The van der Waals surface area contributed by atoms with Crippen LogP contribution in [0.5, 0.6) is 0 Å². The third kappa shape index (κ3) is 6.31. The van der Waals surface area contributed by atoms with Crippen LogP contribution < -0.4 is 4.90 Å². The molecular weight excluding hydrogens is 416 g/mol. The average Bonchev–Trinajstić information content (AvgIpc) is 3.12. The number of thiophene rings is 1. The topological polar surface area (TPSA) is 76.2 Å². The Bertz CT molecular complexity index is 890. The zero-order valence-corrected chi connectivity index (χ0v) is 20.2. The van der Waals surface area contributed by atoms with Crippen LogP contribution in [0.4, 0.5) is 5.69 Å². The number of nitrogens with zero attached hydrogens (tertiary/aromatic N) is 2. The van der Waals surface area contributed by atoms with Gasteiger partial charge in [-0.15, -0.1) is 11.3 Å². The molecule has 0 spiro atoms. The van der Waals surface area contributed by atoms with Crippen molar-refractivity contribution in [3.05, 3.63) is 15.8 Å².